The quantitative estimate of drug-likeness (QED) is 0.214. The Kier molecular flexibility index (Phi) is 6.51. The molecule has 208 valence electrons. The van der Waals surface area contributed by atoms with E-state index in [0.717, 1.165) is 17.1 Å². The molecule has 8 aromatic rings. The summed E-state index contributed by atoms with van der Waals surface area (Å²) in [5, 5.41) is 2.51. The molecule has 0 saturated heterocycles. The summed E-state index contributed by atoms with van der Waals surface area (Å²) in [6.07, 6.45) is 0. The summed E-state index contributed by atoms with van der Waals surface area (Å²) in [7, 11) is 0. The Hall–Kier alpha value is -5.86. The van der Waals surface area contributed by atoms with Crippen molar-refractivity contribution in [2.75, 3.05) is 4.90 Å². The summed E-state index contributed by atoms with van der Waals surface area (Å²) in [6.45, 7) is 0. The Morgan fingerprint density at radius 3 is 1.45 bits per heavy atom. The minimum absolute atomic E-state index is 1.12. The van der Waals surface area contributed by atoms with Crippen LogP contribution in [0, 0.1) is 0 Å². The van der Waals surface area contributed by atoms with Gasteiger partial charge in [-0.05, 0) is 94.0 Å². The molecule has 7 aromatic carbocycles. The predicted octanol–water partition coefficient (Wildman–Crippen LogP) is 11.8. The Morgan fingerprint density at radius 1 is 0.295 bits per heavy atom. The third kappa shape index (κ3) is 4.83. The Balaban J connectivity index is 1.12. The van der Waals surface area contributed by atoms with Crippen LogP contribution >= 0.6 is 0 Å². The largest absolute Gasteiger partial charge is 0.355 e. The summed E-state index contributed by atoms with van der Waals surface area (Å²) in [4.78, 5) is 5.85. The Bertz CT molecular complexity index is 2190. The molecule has 0 aliphatic rings. The topological polar surface area (TPSA) is 19.0 Å². The van der Waals surface area contributed by atoms with E-state index in [1.54, 1.807) is 0 Å². The first-order valence-corrected chi connectivity index (χ1v) is 15.0. The maximum absolute atomic E-state index is 3.54. The van der Waals surface area contributed by atoms with Crippen molar-refractivity contribution in [1.29, 1.82) is 0 Å². The number of aromatic amines is 1. The standard InChI is InChI=1S/C42H30N2/c1-3-10-30(11-4-1)31-18-23-37(24-19-31)44(36-14-5-2-6-15-36)38-25-20-32(21-26-38)33-12-9-13-34(28-33)35-22-27-42-40(29-35)39-16-7-8-17-41(39)43-42/h1-29,43H. The van der Waals surface area contributed by atoms with E-state index < -0.39 is 0 Å². The fraction of sp³-hybridized carbons (Fsp3) is 0. The zero-order valence-electron chi connectivity index (χ0n) is 24.2. The summed E-state index contributed by atoms with van der Waals surface area (Å²) in [5.74, 6) is 0. The molecule has 0 spiro atoms. The zero-order chi connectivity index (χ0) is 29.3. The van der Waals surface area contributed by atoms with Crippen molar-refractivity contribution in [2.24, 2.45) is 0 Å². The highest BCUT2D eigenvalue weighted by Crippen LogP contribution is 2.37. The first-order valence-electron chi connectivity index (χ1n) is 15.0. The average Bonchev–Trinajstić information content (AvgIpc) is 3.48. The van der Waals surface area contributed by atoms with Gasteiger partial charge in [-0.25, -0.2) is 0 Å². The van der Waals surface area contributed by atoms with E-state index in [1.807, 2.05) is 0 Å². The molecule has 0 amide bonds. The van der Waals surface area contributed by atoms with Gasteiger partial charge in [0.15, 0.2) is 0 Å². The van der Waals surface area contributed by atoms with Crippen LogP contribution in [0.2, 0.25) is 0 Å². The average molecular weight is 563 g/mol. The van der Waals surface area contributed by atoms with Gasteiger partial charge in [-0.3, -0.25) is 0 Å². The van der Waals surface area contributed by atoms with Crippen LogP contribution in [0.3, 0.4) is 0 Å². The van der Waals surface area contributed by atoms with Crippen molar-refractivity contribution < 1.29 is 0 Å². The lowest BCUT2D eigenvalue weighted by atomic mass is 9.97. The lowest BCUT2D eigenvalue weighted by molar-refractivity contribution is 1.28. The molecule has 44 heavy (non-hydrogen) atoms. The molecule has 0 radical (unpaired) electrons. The van der Waals surface area contributed by atoms with Crippen LogP contribution in [0.25, 0.3) is 55.2 Å². The minimum atomic E-state index is 1.12. The lowest BCUT2D eigenvalue weighted by Gasteiger charge is -2.26. The van der Waals surface area contributed by atoms with Crippen LogP contribution in [-0.2, 0) is 0 Å². The molecule has 8 rings (SSSR count). The van der Waals surface area contributed by atoms with E-state index >= 15 is 0 Å². The van der Waals surface area contributed by atoms with Crippen LogP contribution in [0.4, 0.5) is 17.1 Å². The SMILES string of the molecule is c1ccc(-c2ccc(N(c3ccccc3)c3ccc(-c4cccc(-c5ccc6[nH]c7ccccc7c6c5)c4)cc3)cc2)cc1. The van der Waals surface area contributed by atoms with Gasteiger partial charge in [-0.15, -0.1) is 0 Å². The van der Waals surface area contributed by atoms with E-state index in [1.165, 1.54) is 55.2 Å². The Labute approximate surface area is 257 Å². The summed E-state index contributed by atoms with van der Waals surface area (Å²) in [6, 6.07) is 62.8. The van der Waals surface area contributed by atoms with Crippen LogP contribution in [0.5, 0.6) is 0 Å². The molecule has 1 aromatic heterocycles. The lowest BCUT2D eigenvalue weighted by Crippen LogP contribution is -2.09. The van der Waals surface area contributed by atoms with Gasteiger partial charge in [0.05, 0.1) is 0 Å². The maximum atomic E-state index is 3.54. The van der Waals surface area contributed by atoms with Gasteiger partial charge in [0.1, 0.15) is 0 Å². The highest BCUT2D eigenvalue weighted by Gasteiger charge is 2.13. The van der Waals surface area contributed by atoms with Gasteiger partial charge in [-0.1, -0.05) is 115 Å². The summed E-state index contributed by atoms with van der Waals surface area (Å²) in [5.41, 5.74) is 13.0. The van der Waals surface area contributed by atoms with Crippen molar-refractivity contribution in [3.05, 3.63) is 176 Å². The fourth-order valence-electron chi connectivity index (χ4n) is 6.17. The smallest absolute Gasteiger partial charge is 0.0465 e. The van der Waals surface area contributed by atoms with Gasteiger partial charge in [0, 0.05) is 38.9 Å². The molecule has 1 heterocycles. The van der Waals surface area contributed by atoms with Crippen LogP contribution in [0.1, 0.15) is 0 Å². The van der Waals surface area contributed by atoms with Gasteiger partial charge < -0.3 is 9.88 Å². The highest BCUT2D eigenvalue weighted by molar-refractivity contribution is 6.08. The second kappa shape index (κ2) is 11.1. The molecule has 0 unspecified atom stereocenters. The van der Waals surface area contributed by atoms with Crippen molar-refractivity contribution in [3.8, 4) is 33.4 Å². The zero-order valence-corrected chi connectivity index (χ0v) is 24.2. The number of hydrogen-bond donors (Lipinski definition) is 1. The van der Waals surface area contributed by atoms with Crippen LogP contribution in [0.15, 0.2) is 176 Å². The second-order valence-electron chi connectivity index (χ2n) is 11.1. The fourth-order valence-corrected chi connectivity index (χ4v) is 6.17. The third-order valence-corrected chi connectivity index (χ3v) is 8.41. The third-order valence-electron chi connectivity index (χ3n) is 8.41. The monoisotopic (exact) mass is 562 g/mol. The number of fused-ring (bicyclic) bond motifs is 3. The first-order chi connectivity index (χ1) is 21.8. The minimum Gasteiger partial charge on any atom is -0.355 e. The Morgan fingerprint density at radius 2 is 0.750 bits per heavy atom. The molecule has 0 fully saturated rings. The molecular weight excluding hydrogens is 532 g/mol. The van der Waals surface area contributed by atoms with Crippen molar-refractivity contribution in [2.45, 2.75) is 0 Å². The number of nitrogens with zero attached hydrogens (tertiary/aromatic N) is 1. The molecule has 0 bridgehead atoms. The van der Waals surface area contributed by atoms with E-state index in [4.69, 9.17) is 0 Å². The van der Waals surface area contributed by atoms with Gasteiger partial charge in [-0.2, -0.15) is 0 Å². The van der Waals surface area contributed by atoms with Gasteiger partial charge in [0.2, 0.25) is 0 Å². The molecule has 2 heteroatoms. The maximum Gasteiger partial charge on any atom is 0.0465 e. The van der Waals surface area contributed by atoms with Crippen LogP contribution in [-0.4, -0.2) is 4.98 Å². The molecule has 0 aliphatic carbocycles. The van der Waals surface area contributed by atoms with Crippen LogP contribution < -0.4 is 4.90 Å². The van der Waals surface area contributed by atoms with E-state index in [-0.39, 0.29) is 0 Å². The normalized spacial score (nSPS) is 11.2. The molecular formula is C42H30N2. The number of H-pyrrole nitrogens is 1. The second-order valence-corrected chi connectivity index (χ2v) is 11.1. The number of anilines is 3. The predicted molar refractivity (Wildman–Crippen MR) is 187 cm³/mol. The summed E-state index contributed by atoms with van der Waals surface area (Å²) < 4.78 is 0. The molecule has 0 atom stereocenters. The molecule has 0 saturated carbocycles. The molecule has 1 N–H and O–H groups in total. The van der Waals surface area contributed by atoms with Crippen molar-refractivity contribution in [1.82, 2.24) is 4.98 Å². The number of hydrogen-bond acceptors (Lipinski definition) is 1. The van der Waals surface area contributed by atoms with Crippen molar-refractivity contribution in [3.63, 3.8) is 0 Å². The molecule has 0 aliphatic heterocycles. The number of rotatable bonds is 6. The number of nitrogens with one attached hydrogen (secondary N) is 1. The van der Waals surface area contributed by atoms with Gasteiger partial charge in [0.25, 0.3) is 0 Å². The number of benzene rings is 7. The van der Waals surface area contributed by atoms with E-state index in [9.17, 15) is 0 Å². The number of aromatic nitrogens is 1. The number of para-hydroxylation sites is 2. The highest BCUT2D eigenvalue weighted by atomic mass is 15.1. The van der Waals surface area contributed by atoms with Crippen molar-refractivity contribution >= 4 is 38.9 Å². The van der Waals surface area contributed by atoms with E-state index in [2.05, 4.69) is 186 Å². The van der Waals surface area contributed by atoms with E-state index in [0.29, 0.717) is 0 Å². The van der Waals surface area contributed by atoms with Gasteiger partial charge >= 0.3 is 0 Å². The first kappa shape index (κ1) is 25.8. The summed E-state index contributed by atoms with van der Waals surface area (Å²) >= 11 is 0. The molecule has 2 nitrogen and oxygen atoms in total.